The number of piperazine rings is 1. The van der Waals surface area contributed by atoms with E-state index in [4.69, 9.17) is 0 Å². The van der Waals surface area contributed by atoms with Gasteiger partial charge in [0.25, 0.3) is 0 Å². The average molecular weight is 661 g/mol. The molecule has 4 aliphatic rings. The van der Waals surface area contributed by atoms with E-state index < -0.39 is 0 Å². The van der Waals surface area contributed by atoms with Gasteiger partial charge in [-0.1, -0.05) is 152 Å². The van der Waals surface area contributed by atoms with E-state index in [0.29, 0.717) is 0 Å². The summed E-state index contributed by atoms with van der Waals surface area (Å²) in [5.74, 6) is 0.132. The topological polar surface area (TPSA) is 36.5 Å². The van der Waals surface area contributed by atoms with E-state index in [1.807, 2.05) is 0 Å². The number of carbonyl (C=O) groups is 1. The Kier molecular flexibility index (Phi) is 8.31. The molecule has 0 radical (unpaired) electrons. The first-order chi connectivity index (χ1) is 24.7. The fraction of sp³-hybridized carbons (Fsp3) is 0.279. The zero-order chi connectivity index (χ0) is 33.6. The summed E-state index contributed by atoms with van der Waals surface area (Å²) >= 11 is 0. The summed E-state index contributed by atoms with van der Waals surface area (Å²) < 4.78 is 0. The third-order valence-corrected chi connectivity index (χ3v) is 11.2. The molecule has 252 valence electrons. The lowest BCUT2D eigenvalue weighted by Crippen LogP contribution is -2.74. The Balaban J connectivity index is 1.27. The third kappa shape index (κ3) is 5.46. The van der Waals surface area contributed by atoms with Gasteiger partial charge in [-0.15, -0.1) is 0 Å². The molecule has 4 aliphatic heterocycles. The highest BCUT2D eigenvalue weighted by atomic mass is 16.2. The number of carbonyl (C=O) groups excluding carboxylic acids is 1. The van der Waals surface area contributed by atoms with Gasteiger partial charge in [0, 0.05) is 39.6 Å². The fourth-order valence-corrected chi connectivity index (χ4v) is 9.30. The quantitative estimate of drug-likeness (QED) is 0.174. The standard InChI is InChI=1S/C43H44N6O/c1-32(50)49-42-40-44(27-33-17-7-2-8-18-33)38(47(42)30-36-23-13-5-14-24-36)39-45(28-34-19-9-3-10-20-34)41(46(40)29-35-21-11-4-12-22-35)43(49)48(39)31-37-25-15-6-16-26-37/h2-26,38-43H,27-31H2,1H3. The zero-order valence-corrected chi connectivity index (χ0v) is 28.5. The fourth-order valence-electron chi connectivity index (χ4n) is 9.30. The molecular formula is C43H44N6O. The molecule has 0 N–H and O–H groups in total. The summed E-state index contributed by atoms with van der Waals surface area (Å²) in [5.41, 5.74) is 6.39. The minimum Gasteiger partial charge on any atom is -0.305 e. The van der Waals surface area contributed by atoms with Crippen LogP contribution in [0.2, 0.25) is 0 Å². The van der Waals surface area contributed by atoms with Gasteiger partial charge < -0.3 is 4.90 Å². The minimum atomic E-state index is -0.117. The van der Waals surface area contributed by atoms with Crippen LogP contribution in [-0.2, 0) is 37.5 Å². The number of fused-ring (bicyclic) bond motifs is 3. The Morgan fingerprint density at radius 3 is 0.780 bits per heavy atom. The molecule has 0 aromatic heterocycles. The molecular weight excluding hydrogens is 617 g/mol. The molecule has 6 unspecified atom stereocenters. The van der Waals surface area contributed by atoms with Crippen LogP contribution in [0.25, 0.3) is 0 Å². The molecule has 0 spiro atoms. The summed E-state index contributed by atoms with van der Waals surface area (Å²) in [6.07, 6.45) is -0.194. The van der Waals surface area contributed by atoms with E-state index in [9.17, 15) is 4.79 Å². The van der Waals surface area contributed by atoms with Crippen molar-refractivity contribution in [2.24, 2.45) is 0 Å². The van der Waals surface area contributed by atoms with Gasteiger partial charge in [-0.05, 0) is 27.8 Å². The van der Waals surface area contributed by atoms with Crippen LogP contribution in [0.4, 0.5) is 0 Å². The van der Waals surface area contributed by atoms with Gasteiger partial charge in [-0.2, -0.15) is 0 Å². The second-order valence-corrected chi connectivity index (χ2v) is 14.2. The minimum absolute atomic E-state index is 0.00331. The molecule has 7 nitrogen and oxygen atoms in total. The molecule has 4 bridgehead atoms. The first-order valence-corrected chi connectivity index (χ1v) is 17.9. The van der Waals surface area contributed by atoms with Gasteiger partial charge in [-0.3, -0.25) is 29.3 Å². The molecule has 9 rings (SSSR count). The molecule has 5 aromatic carbocycles. The van der Waals surface area contributed by atoms with Crippen LogP contribution >= 0.6 is 0 Å². The Bertz CT molecular complexity index is 1780. The Morgan fingerprint density at radius 1 is 0.360 bits per heavy atom. The molecule has 50 heavy (non-hydrogen) atoms. The molecule has 5 aromatic rings. The molecule has 0 aliphatic carbocycles. The number of nitrogens with zero attached hydrogens (tertiary/aromatic N) is 6. The van der Waals surface area contributed by atoms with E-state index >= 15 is 0 Å². The third-order valence-electron chi connectivity index (χ3n) is 11.2. The van der Waals surface area contributed by atoms with Gasteiger partial charge >= 0.3 is 0 Å². The first-order valence-electron chi connectivity index (χ1n) is 17.9. The highest BCUT2D eigenvalue weighted by Crippen LogP contribution is 2.53. The average Bonchev–Trinajstić information content (AvgIpc) is 3.55. The Morgan fingerprint density at radius 2 is 0.560 bits per heavy atom. The Hall–Kier alpha value is -4.63. The van der Waals surface area contributed by atoms with Crippen LogP contribution in [0, 0.1) is 0 Å². The van der Waals surface area contributed by atoms with Crippen molar-refractivity contribution < 1.29 is 4.79 Å². The normalized spacial score (nSPS) is 26.5. The van der Waals surface area contributed by atoms with Crippen molar-refractivity contribution in [2.45, 2.75) is 76.6 Å². The van der Waals surface area contributed by atoms with Crippen molar-refractivity contribution >= 4 is 5.91 Å². The number of benzene rings is 5. The molecule has 0 saturated carbocycles. The second kappa shape index (κ2) is 13.2. The SMILES string of the molecule is CC(=O)N1C2C3N(Cc4ccccc4)C4C1N(Cc1ccccc1)C(C(N3Cc1ccccc1)N2Cc1ccccc1)N4Cc1ccccc1. The maximum atomic E-state index is 14.3. The van der Waals surface area contributed by atoms with Gasteiger partial charge in [0.05, 0.1) is 12.3 Å². The van der Waals surface area contributed by atoms with Crippen molar-refractivity contribution in [1.29, 1.82) is 0 Å². The van der Waals surface area contributed by atoms with Crippen molar-refractivity contribution in [1.82, 2.24) is 29.4 Å². The van der Waals surface area contributed by atoms with E-state index in [1.165, 1.54) is 27.8 Å². The van der Waals surface area contributed by atoms with E-state index in [-0.39, 0.29) is 42.9 Å². The zero-order valence-electron chi connectivity index (χ0n) is 28.5. The number of amides is 1. The highest BCUT2D eigenvalue weighted by molar-refractivity contribution is 5.74. The van der Waals surface area contributed by atoms with Crippen LogP contribution in [0.5, 0.6) is 0 Å². The Labute approximate surface area is 295 Å². The van der Waals surface area contributed by atoms with Crippen LogP contribution in [-0.4, -0.2) is 72.3 Å². The lowest BCUT2D eigenvalue weighted by molar-refractivity contribution is -0.178. The molecule has 4 heterocycles. The van der Waals surface area contributed by atoms with Gasteiger partial charge in [0.1, 0.15) is 24.7 Å². The number of hydrogen-bond donors (Lipinski definition) is 0. The maximum absolute atomic E-state index is 14.3. The largest absolute Gasteiger partial charge is 0.305 e. The van der Waals surface area contributed by atoms with E-state index in [2.05, 4.69) is 181 Å². The molecule has 7 heteroatoms. The van der Waals surface area contributed by atoms with Gasteiger partial charge in [0.2, 0.25) is 5.91 Å². The van der Waals surface area contributed by atoms with Crippen LogP contribution < -0.4 is 0 Å². The van der Waals surface area contributed by atoms with Crippen LogP contribution in [0.1, 0.15) is 34.7 Å². The maximum Gasteiger partial charge on any atom is 0.222 e. The lowest BCUT2D eigenvalue weighted by Gasteiger charge is -2.55. The summed E-state index contributed by atoms with van der Waals surface area (Å²) in [4.78, 5) is 30.1. The van der Waals surface area contributed by atoms with Gasteiger partial charge in [-0.25, -0.2) is 0 Å². The monoisotopic (exact) mass is 660 g/mol. The predicted molar refractivity (Wildman–Crippen MR) is 195 cm³/mol. The number of rotatable bonds is 10. The smallest absolute Gasteiger partial charge is 0.222 e. The summed E-state index contributed by atoms with van der Waals surface area (Å²) in [7, 11) is 0. The van der Waals surface area contributed by atoms with E-state index in [0.717, 1.165) is 32.7 Å². The molecule has 4 saturated heterocycles. The van der Waals surface area contributed by atoms with Crippen molar-refractivity contribution in [3.63, 3.8) is 0 Å². The second-order valence-electron chi connectivity index (χ2n) is 14.2. The molecule has 4 fully saturated rings. The van der Waals surface area contributed by atoms with Gasteiger partial charge in [0.15, 0.2) is 0 Å². The highest BCUT2D eigenvalue weighted by Gasteiger charge is 2.72. The van der Waals surface area contributed by atoms with Crippen LogP contribution in [0.3, 0.4) is 0 Å². The first kappa shape index (κ1) is 31.4. The van der Waals surface area contributed by atoms with E-state index in [1.54, 1.807) is 6.92 Å². The molecule has 1 amide bonds. The summed E-state index contributed by atoms with van der Waals surface area (Å²) in [6.45, 7) is 5.68. The van der Waals surface area contributed by atoms with Crippen molar-refractivity contribution in [3.8, 4) is 0 Å². The van der Waals surface area contributed by atoms with Crippen molar-refractivity contribution in [2.75, 3.05) is 0 Å². The van der Waals surface area contributed by atoms with Crippen LogP contribution in [0.15, 0.2) is 152 Å². The summed E-state index contributed by atoms with van der Waals surface area (Å²) in [5, 5.41) is 0. The summed E-state index contributed by atoms with van der Waals surface area (Å²) in [6, 6.07) is 54.4. The lowest BCUT2D eigenvalue weighted by atomic mass is 10.0. The number of hydrogen-bond acceptors (Lipinski definition) is 6. The van der Waals surface area contributed by atoms with Crippen molar-refractivity contribution in [3.05, 3.63) is 179 Å². The molecule has 6 atom stereocenters. The predicted octanol–water partition coefficient (Wildman–Crippen LogP) is 6.36.